The zero-order valence-corrected chi connectivity index (χ0v) is 8.49. The van der Waals surface area contributed by atoms with Gasteiger partial charge >= 0.3 is 11.9 Å². The predicted molar refractivity (Wildman–Crippen MR) is 54.3 cm³/mol. The minimum Gasteiger partial charge on any atom is -0.478 e. The Bertz CT molecular complexity index is 318. The number of aliphatic hydroxyl groups is 2. The van der Waals surface area contributed by atoms with Crippen LogP contribution in [0.5, 0.6) is 0 Å². The largest absolute Gasteiger partial charge is 0.478 e. The van der Waals surface area contributed by atoms with Crippen LogP contribution in [0.4, 0.5) is 0 Å². The number of carboxylic acid groups (broad SMARTS) is 2. The van der Waals surface area contributed by atoms with Crippen LogP contribution >= 0.6 is 0 Å². The van der Waals surface area contributed by atoms with E-state index in [1.54, 1.807) is 0 Å². The summed E-state index contributed by atoms with van der Waals surface area (Å²) in [5.41, 5.74) is 0.167. The molecular weight excluding hydrogens is 216 g/mol. The van der Waals surface area contributed by atoms with Crippen LogP contribution in [0.1, 0.15) is 27.6 Å². The molecule has 0 aromatic heterocycles. The fourth-order valence-electron chi connectivity index (χ4n) is 0.755. The second kappa shape index (κ2) is 6.54. The molecule has 0 fully saturated rings. The molecule has 6 heteroatoms. The highest BCUT2D eigenvalue weighted by atomic mass is 16.5. The number of carboxylic acids is 2. The van der Waals surface area contributed by atoms with Crippen molar-refractivity contribution in [2.45, 2.75) is 13.2 Å². The van der Waals surface area contributed by atoms with E-state index in [4.69, 9.17) is 20.4 Å². The topological polar surface area (TPSA) is 115 Å². The molecule has 6 nitrogen and oxygen atoms in total. The summed E-state index contributed by atoms with van der Waals surface area (Å²) < 4.78 is 0. The molecule has 88 valence electrons. The Morgan fingerprint density at radius 1 is 0.938 bits per heavy atom. The Balaban J connectivity index is 0.000000487. The smallest absolute Gasteiger partial charge is 0.335 e. The summed E-state index contributed by atoms with van der Waals surface area (Å²) in [5.74, 6) is -2.13. The quantitative estimate of drug-likeness (QED) is 0.544. The molecule has 0 heterocycles. The minimum absolute atomic E-state index is 0.0833. The van der Waals surface area contributed by atoms with Crippen LogP contribution in [0, 0.1) is 0 Å². The van der Waals surface area contributed by atoms with Crippen molar-refractivity contribution in [3.05, 3.63) is 35.4 Å². The van der Waals surface area contributed by atoms with Crippen molar-refractivity contribution in [1.82, 2.24) is 0 Å². The number of aromatic carboxylic acids is 2. The van der Waals surface area contributed by atoms with Gasteiger partial charge in [-0.3, -0.25) is 0 Å². The van der Waals surface area contributed by atoms with Crippen molar-refractivity contribution in [1.29, 1.82) is 0 Å². The molecule has 0 saturated heterocycles. The summed E-state index contributed by atoms with van der Waals surface area (Å²) in [6, 6.07) is 5.02. The predicted octanol–water partition coefficient (Wildman–Crippen LogP) is 0.400. The van der Waals surface area contributed by atoms with Gasteiger partial charge in [0.2, 0.25) is 0 Å². The van der Waals surface area contributed by atoms with E-state index < -0.39 is 18.2 Å². The van der Waals surface area contributed by atoms with Crippen LogP contribution < -0.4 is 0 Å². The average Bonchev–Trinajstić information content (AvgIpc) is 2.17. The SMILES string of the molecule is CC(O)O.O=C(O)c1ccc(C(=O)O)cc1. The molecule has 0 atom stereocenters. The molecular formula is C10H12O6. The molecule has 0 aliphatic rings. The highest BCUT2D eigenvalue weighted by Gasteiger charge is 2.04. The molecule has 0 amide bonds. The van der Waals surface area contributed by atoms with E-state index in [1.165, 1.54) is 31.2 Å². The van der Waals surface area contributed by atoms with E-state index in [0.29, 0.717) is 0 Å². The number of aliphatic hydroxyl groups excluding tert-OH is 1. The molecule has 1 aromatic carbocycles. The normalized spacial score (nSPS) is 9.25. The summed E-state index contributed by atoms with van der Waals surface area (Å²) in [6.07, 6.45) is -1.17. The van der Waals surface area contributed by atoms with Gasteiger partial charge in [-0.2, -0.15) is 0 Å². The fraction of sp³-hybridized carbons (Fsp3) is 0.200. The summed E-state index contributed by atoms with van der Waals surface area (Å²) in [6.45, 7) is 1.28. The molecule has 0 radical (unpaired) electrons. The minimum atomic E-state index is -1.17. The Labute approximate surface area is 91.4 Å². The first kappa shape index (κ1) is 14.1. The van der Waals surface area contributed by atoms with Gasteiger partial charge in [-0.05, 0) is 31.2 Å². The average molecular weight is 228 g/mol. The van der Waals surface area contributed by atoms with E-state index in [-0.39, 0.29) is 11.1 Å². The highest BCUT2D eigenvalue weighted by molar-refractivity contribution is 5.91. The lowest BCUT2D eigenvalue weighted by atomic mass is 10.1. The molecule has 0 aliphatic heterocycles. The van der Waals surface area contributed by atoms with Crippen LogP contribution in [-0.2, 0) is 0 Å². The zero-order valence-electron chi connectivity index (χ0n) is 8.49. The van der Waals surface area contributed by atoms with Gasteiger partial charge < -0.3 is 20.4 Å². The van der Waals surface area contributed by atoms with Gasteiger partial charge in [0.25, 0.3) is 0 Å². The highest BCUT2D eigenvalue weighted by Crippen LogP contribution is 2.03. The summed E-state index contributed by atoms with van der Waals surface area (Å²) in [7, 11) is 0. The van der Waals surface area contributed by atoms with Crippen molar-refractivity contribution in [2.24, 2.45) is 0 Å². The van der Waals surface area contributed by atoms with Crippen LogP contribution in [0.15, 0.2) is 24.3 Å². The second-order valence-corrected chi connectivity index (χ2v) is 2.82. The number of hydrogen-bond acceptors (Lipinski definition) is 4. The number of carbonyl (C=O) groups is 2. The maximum atomic E-state index is 10.3. The lowest BCUT2D eigenvalue weighted by Crippen LogP contribution is -1.99. The van der Waals surface area contributed by atoms with Crippen molar-refractivity contribution in [3.8, 4) is 0 Å². The van der Waals surface area contributed by atoms with Gasteiger partial charge in [0.1, 0.15) is 6.29 Å². The summed E-state index contributed by atoms with van der Waals surface area (Å²) in [4.78, 5) is 20.7. The summed E-state index contributed by atoms with van der Waals surface area (Å²) >= 11 is 0. The molecule has 0 unspecified atom stereocenters. The third kappa shape index (κ3) is 5.74. The van der Waals surface area contributed by atoms with Gasteiger partial charge in [-0.25, -0.2) is 9.59 Å². The first-order valence-electron chi connectivity index (χ1n) is 4.27. The molecule has 0 aliphatic carbocycles. The van der Waals surface area contributed by atoms with E-state index in [2.05, 4.69) is 0 Å². The first-order valence-corrected chi connectivity index (χ1v) is 4.27. The third-order valence-corrected chi connectivity index (χ3v) is 1.38. The zero-order chi connectivity index (χ0) is 12.7. The number of hydrogen-bond donors (Lipinski definition) is 4. The van der Waals surface area contributed by atoms with Crippen molar-refractivity contribution in [2.75, 3.05) is 0 Å². The maximum absolute atomic E-state index is 10.3. The van der Waals surface area contributed by atoms with Crippen LogP contribution in [0.3, 0.4) is 0 Å². The molecule has 4 N–H and O–H groups in total. The monoisotopic (exact) mass is 228 g/mol. The first-order chi connectivity index (χ1) is 7.34. The Morgan fingerprint density at radius 3 is 1.25 bits per heavy atom. The lowest BCUT2D eigenvalue weighted by molar-refractivity contribution is -0.0228. The maximum Gasteiger partial charge on any atom is 0.335 e. The van der Waals surface area contributed by atoms with E-state index in [1.807, 2.05) is 0 Å². The van der Waals surface area contributed by atoms with Gasteiger partial charge in [0, 0.05) is 0 Å². The molecule has 0 bridgehead atoms. The van der Waals surface area contributed by atoms with E-state index in [0.717, 1.165) is 0 Å². The second-order valence-electron chi connectivity index (χ2n) is 2.82. The van der Waals surface area contributed by atoms with E-state index in [9.17, 15) is 9.59 Å². The Hall–Kier alpha value is -1.92. The molecule has 0 spiro atoms. The molecule has 0 saturated carbocycles. The fourth-order valence-corrected chi connectivity index (χ4v) is 0.755. The Kier molecular flexibility index (Phi) is 5.76. The summed E-state index contributed by atoms with van der Waals surface area (Å²) in [5, 5.41) is 32.2. The standard InChI is InChI=1S/C8H6O4.C2H6O2/c9-7(10)5-1-2-6(4-3-5)8(11)12;1-2(3)4/h1-4H,(H,9,10)(H,11,12);2-4H,1H3. The van der Waals surface area contributed by atoms with Gasteiger partial charge in [0.15, 0.2) is 0 Å². The van der Waals surface area contributed by atoms with Crippen LogP contribution in [0.2, 0.25) is 0 Å². The van der Waals surface area contributed by atoms with Crippen LogP contribution in [0.25, 0.3) is 0 Å². The number of benzene rings is 1. The number of rotatable bonds is 2. The van der Waals surface area contributed by atoms with Crippen LogP contribution in [-0.4, -0.2) is 38.7 Å². The van der Waals surface area contributed by atoms with E-state index >= 15 is 0 Å². The van der Waals surface area contributed by atoms with Crippen molar-refractivity contribution in [3.63, 3.8) is 0 Å². The Morgan fingerprint density at radius 2 is 1.12 bits per heavy atom. The van der Waals surface area contributed by atoms with Crippen molar-refractivity contribution < 1.29 is 30.0 Å². The van der Waals surface area contributed by atoms with Crippen molar-refractivity contribution >= 4 is 11.9 Å². The molecule has 1 aromatic rings. The molecule has 1 rings (SSSR count). The third-order valence-electron chi connectivity index (χ3n) is 1.38. The lowest BCUT2D eigenvalue weighted by Gasteiger charge is -1.94. The van der Waals surface area contributed by atoms with Gasteiger partial charge in [0.05, 0.1) is 11.1 Å². The van der Waals surface area contributed by atoms with Gasteiger partial charge in [-0.15, -0.1) is 0 Å². The van der Waals surface area contributed by atoms with Gasteiger partial charge in [-0.1, -0.05) is 0 Å². The molecule has 16 heavy (non-hydrogen) atoms.